The summed E-state index contributed by atoms with van der Waals surface area (Å²) in [7, 11) is 0. The topological polar surface area (TPSA) is 18.5 Å². The molecule has 0 bridgehead atoms. The Balaban J connectivity index is 2.66. The highest BCUT2D eigenvalue weighted by molar-refractivity contribution is 5.39. The number of benzene rings is 1. The maximum absolute atomic E-state index is 5.68. The molecule has 0 saturated heterocycles. The predicted molar refractivity (Wildman–Crippen MR) is 62.7 cm³/mol. The Morgan fingerprint density at radius 3 is 2.47 bits per heavy atom. The normalized spacial score (nSPS) is 10.5. The van der Waals surface area contributed by atoms with E-state index in [0.29, 0.717) is 12.5 Å². The van der Waals surface area contributed by atoms with Crippen LogP contribution in [0, 0.1) is 12.8 Å². The average Bonchev–Trinajstić information content (AvgIpc) is 2.17. The van der Waals surface area contributed by atoms with Crippen molar-refractivity contribution in [2.45, 2.75) is 27.7 Å². The van der Waals surface area contributed by atoms with Crippen LogP contribution in [0.2, 0.25) is 0 Å². The van der Waals surface area contributed by atoms with Gasteiger partial charge in [0.05, 0.1) is 13.2 Å². The molecule has 0 aliphatic carbocycles. The van der Waals surface area contributed by atoms with E-state index in [0.717, 1.165) is 23.7 Å². The number of hydrogen-bond acceptors (Lipinski definition) is 2. The van der Waals surface area contributed by atoms with E-state index in [9.17, 15) is 0 Å². The van der Waals surface area contributed by atoms with Crippen LogP contribution < -0.4 is 9.47 Å². The summed E-state index contributed by atoms with van der Waals surface area (Å²) >= 11 is 0. The van der Waals surface area contributed by atoms with E-state index in [1.165, 1.54) is 0 Å². The quantitative estimate of drug-likeness (QED) is 0.738. The summed E-state index contributed by atoms with van der Waals surface area (Å²) in [6.45, 7) is 9.77. The SMILES string of the molecule is CCOc1ccc(OCC(C)C)c(C)c1. The number of rotatable bonds is 5. The van der Waals surface area contributed by atoms with Gasteiger partial charge in [0, 0.05) is 0 Å². The van der Waals surface area contributed by atoms with Crippen molar-refractivity contribution in [3.63, 3.8) is 0 Å². The zero-order valence-corrected chi connectivity index (χ0v) is 10.0. The molecule has 1 aromatic carbocycles. The van der Waals surface area contributed by atoms with Crippen LogP contribution in [-0.2, 0) is 0 Å². The van der Waals surface area contributed by atoms with E-state index < -0.39 is 0 Å². The van der Waals surface area contributed by atoms with Crippen LogP contribution in [0.15, 0.2) is 18.2 Å². The molecule has 15 heavy (non-hydrogen) atoms. The molecule has 1 rings (SSSR count). The fraction of sp³-hybridized carbons (Fsp3) is 0.538. The van der Waals surface area contributed by atoms with Gasteiger partial charge in [0.2, 0.25) is 0 Å². The van der Waals surface area contributed by atoms with Crippen molar-refractivity contribution in [2.75, 3.05) is 13.2 Å². The molecule has 0 fully saturated rings. The number of aryl methyl sites for hydroxylation is 1. The first-order valence-corrected chi connectivity index (χ1v) is 5.49. The zero-order chi connectivity index (χ0) is 11.3. The van der Waals surface area contributed by atoms with Gasteiger partial charge in [-0.15, -0.1) is 0 Å². The van der Waals surface area contributed by atoms with Gasteiger partial charge in [-0.3, -0.25) is 0 Å². The third-order valence-electron chi connectivity index (χ3n) is 2.03. The standard InChI is InChI=1S/C13H20O2/c1-5-14-12-6-7-13(11(4)8-12)15-9-10(2)3/h6-8,10H,5,9H2,1-4H3. The first kappa shape index (κ1) is 11.9. The van der Waals surface area contributed by atoms with Crippen molar-refractivity contribution >= 4 is 0 Å². The third-order valence-corrected chi connectivity index (χ3v) is 2.03. The molecule has 2 nitrogen and oxygen atoms in total. The van der Waals surface area contributed by atoms with Gasteiger partial charge in [0.15, 0.2) is 0 Å². The van der Waals surface area contributed by atoms with Crippen LogP contribution in [0.3, 0.4) is 0 Å². The molecule has 0 atom stereocenters. The summed E-state index contributed by atoms with van der Waals surface area (Å²) in [6.07, 6.45) is 0. The average molecular weight is 208 g/mol. The zero-order valence-electron chi connectivity index (χ0n) is 10.0. The van der Waals surface area contributed by atoms with Crippen LogP contribution in [0.4, 0.5) is 0 Å². The maximum Gasteiger partial charge on any atom is 0.122 e. The highest BCUT2D eigenvalue weighted by atomic mass is 16.5. The monoisotopic (exact) mass is 208 g/mol. The van der Waals surface area contributed by atoms with E-state index >= 15 is 0 Å². The summed E-state index contributed by atoms with van der Waals surface area (Å²) in [5.41, 5.74) is 1.13. The van der Waals surface area contributed by atoms with Crippen molar-refractivity contribution < 1.29 is 9.47 Å². The predicted octanol–water partition coefficient (Wildman–Crippen LogP) is 3.43. The second-order valence-corrected chi connectivity index (χ2v) is 4.07. The lowest BCUT2D eigenvalue weighted by Gasteiger charge is -2.12. The molecule has 0 amide bonds. The number of ether oxygens (including phenoxy) is 2. The minimum atomic E-state index is 0.552. The summed E-state index contributed by atoms with van der Waals surface area (Å²) in [5.74, 6) is 2.41. The van der Waals surface area contributed by atoms with Crippen LogP contribution in [0.1, 0.15) is 26.3 Å². The molecule has 0 aromatic heterocycles. The van der Waals surface area contributed by atoms with Crippen molar-refractivity contribution in [3.05, 3.63) is 23.8 Å². The molecule has 0 N–H and O–H groups in total. The Hall–Kier alpha value is -1.18. The van der Waals surface area contributed by atoms with Crippen molar-refractivity contribution in [1.82, 2.24) is 0 Å². The van der Waals surface area contributed by atoms with Crippen molar-refractivity contribution in [3.8, 4) is 11.5 Å². The Kier molecular flexibility index (Phi) is 4.47. The molecule has 0 aliphatic heterocycles. The molecule has 2 heteroatoms. The minimum absolute atomic E-state index is 0.552. The lowest BCUT2D eigenvalue weighted by Crippen LogP contribution is -2.05. The summed E-state index contributed by atoms with van der Waals surface area (Å²) in [5, 5.41) is 0. The van der Waals surface area contributed by atoms with Crippen molar-refractivity contribution in [2.24, 2.45) is 5.92 Å². The first-order chi connectivity index (χ1) is 7.13. The van der Waals surface area contributed by atoms with Gasteiger partial charge in [-0.25, -0.2) is 0 Å². The molecular weight excluding hydrogens is 188 g/mol. The van der Waals surface area contributed by atoms with Crippen LogP contribution in [0.25, 0.3) is 0 Å². The van der Waals surface area contributed by atoms with E-state index in [4.69, 9.17) is 9.47 Å². The largest absolute Gasteiger partial charge is 0.494 e. The molecule has 84 valence electrons. The van der Waals surface area contributed by atoms with E-state index in [1.807, 2.05) is 32.0 Å². The van der Waals surface area contributed by atoms with Crippen LogP contribution >= 0.6 is 0 Å². The molecule has 0 aliphatic rings. The van der Waals surface area contributed by atoms with Crippen LogP contribution in [-0.4, -0.2) is 13.2 Å². The Labute approximate surface area is 92.2 Å². The maximum atomic E-state index is 5.68. The molecule has 0 saturated carbocycles. The highest BCUT2D eigenvalue weighted by Gasteiger charge is 2.02. The minimum Gasteiger partial charge on any atom is -0.494 e. The molecule has 1 aromatic rings. The lowest BCUT2D eigenvalue weighted by molar-refractivity contribution is 0.268. The molecule has 0 heterocycles. The second-order valence-electron chi connectivity index (χ2n) is 4.07. The van der Waals surface area contributed by atoms with Crippen LogP contribution in [0.5, 0.6) is 11.5 Å². The Morgan fingerprint density at radius 2 is 1.93 bits per heavy atom. The van der Waals surface area contributed by atoms with E-state index in [2.05, 4.69) is 13.8 Å². The molecular formula is C13H20O2. The van der Waals surface area contributed by atoms with Gasteiger partial charge in [-0.1, -0.05) is 13.8 Å². The Morgan fingerprint density at radius 1 is 1.20 bits per heavy atom. The van der Waals surface area contributed by atoms with Gasteiger partial charge in [-0.2, -0.15) is 0 Å². The van der Waals surface area contributed by atoms with Gasteiger partial charge in [-0.05, 0) is 43.5 Å². The van der Waals surface area contributed by atoms with Gasteiger partial charge < -0.3 is 9.47 Å². The fourth-order valence-electron chi connectivity index (χ4n) is 1.30. The molecule has 0 spiro atoms. The van der Waals surface area contributed by atoms with Crippen molar-refractivity contribution in [1.29, 1.82) is 0 Å². The summed E-state index contributed by atoms with van der Waals surface area (Å²) in [6, 6.07) is 5.94. The summed E-state index contributed by atoms with van der Waals surface area (Å²) in [4.78, 5) is 0. The second kappa shape index (κ2) is 5.64. The fourth-order valence-corrected chi connectivity index (χ4v) is 1.30. The number of hydrogen-bond donors (Lipinski definition) is 0. The smallest absolute Gasteiger partial charge is 0.122 e. The van der Waals surface area contributed by atoms with E-state index in [1.54, 1.807) is 0 Å². The van der Waals surface area contributed by atoms with Gasteiger partial charge >= 0.3 is 0 Å². The van der Waals surface area contributed by atoms with Gasteiger partial charge in [0.25, 0.3) is 0 Å². The van der Waals surface area contributed by atoms with E-state index in [-0.39, 0.29) is 0 Å². The Bertz CT molecular complexity index is 305. The highest BCUT2D eigenvalue weighted by Crippen LogP contribution is 2.23. The summed E-state index contributed by atoms with van der Waals surface area (Å²) < 4.78 is 11.1. The lowest BCUT2D eigenvalue weighted by atomic mass is 10.2. The van der Waals surface area contributed by atoms with Gasteiger partial charge in [0.1, 0.15) is 11.5 Å². The molecule has 0 radical (unpaired) electrons. The molecule has 0 unspecified atom stereocenters. The third kappa shape index (κ3) is 3.82. The first-order valence-electron chi connectivity index (χ1n) is 5.49.